The highest BCUT2D eigenvalue weighted by Gasteiger charge is 2.62. The Morgan fingerprint density at radius 3 is 1.87 bits per heavy atom. The topological polar surface area (TPSA) is 35.5 Å². The summed E-state index contributed by atoms with van der Waals surface area (Å²) in [6.45, 7) is 2.15. The van der Waals surface area contributed by atoms with E-state index in [2.05, 4.69) is 9.05 Å². The van der Waals surface area contributed by atoms with Crippen LogP contribution in [0.2, 0.25) is 0 Å². The van der Waals surface area contributed by atoms with Gasteiger partial charge >= 0.3 is 19.9 Å². The van der Waals surface area contributed by atoms with Gasteiger partial charge in [0.2, 0.25) is 0 Å². The molecule has 0 fully saturated rings. The van der Waals surface area contributed by atoms with Crippen molar-refractivity contribution >= 4 is 7.60 Å². The van der Waals surface area contributed by atoms with Crippen molar-refractivity contribution < 1.29 is 35.6 Å². The molecule has 0 bridgehead atoms. The van der Waals surface area contributed by atoms with Crippen LogP contribution >= 0.6 is 7.60 Å². The van der Waals surface area contributed by atoms with Gasteiger partial charge in [-0.15, -0.1) is 0 Å². The zero-order valence-electron chi connectivity index (χ0n) is 7.98. The molecule has 0 spiro atoms. The van der Waals surface area contributed by atoms with Crippen LogP contribution in [0.5, 0.6) is 0 Å². The van der Waals surface area contributed by atoms with Gasteiger partial charge in [0.05, 0.1) is 6.61 Å². The summed E-state index contributed by atoms with van der Waals surface area (Å²) in [5.41, 5.74) is 0. The van der Waals surface area contributed by atoms with Crippen LogP contribution in [0.15, 0.2) is 0 Å². The van der Waals surface area contributed by atoms with E-state index in [4.69, 9.17) is 0 Å². The smallest absolute Gasteiger partial charge is 0.309 e. The first-order chi connectivity index (χ1) is 6.58. The Labute approximate surface area is 83.1 Å². The molecule has 0 saturated heterocycles. The Kier molecular flexibility index (Phi) is 4.69. The molecule has 0 heterocycles. The van der Waals surface area contributed by atoms with E-state index < -0.39 is 26.0 Å². The number of hydrogen-bond donors (Lipinski definition) is 0. The van der Waals surface area contributed by atoms with E-state index in [0.717, 1.165) is 6.92 Å². The summed E-state index contributed by atoms with van der Waals surface area (Å²) < 4.78 is 78.5. The van der Waals surface area contributed by atoms with Gasteiger partial charge in [-0.1, -0.05) is 6.92 Å². The Bertz CT molecular complexity index is 252. The van der Waals surface area contributed by atoms with Gasteiger partial charge in [0.15, 0.2) is 0 Å². The average molecular weight is 256 g/mol. The monoisotopic (exact) mass is 256 g/mol. The number of alkyl halides is 5. The predicted octanol–water partition coefficient (Wildman–Crippen LogP) is 3.41. The van der Waals surface area contributed by atoms with Crippen LogP contribution in [0.1, 0.15) is 13.8 Å². The minimum Gasteiger partial charge on any atom is -0.309 e. The second-order valence-corrected chi connectivity index (χ2v) is 4.75. The highest BCUT2D eigenvalue weighted by molar-refractivity contribution is 7.53. The molecule has 92 valence electrons. The van der Waals surface area contributed by atoms with Gasteiger partial charge in [0.1, 0.15) is 0 Å². The maximum atomic E-state index is 12.3. The molecule has 0 saturated carbocycles. The van der Waals surface area contributed by atoms with Crippen LogP contribution in [-0.2, 0) is 13.6 Å². The Hall–Kier alpha value is -0.200. The van der Waals surface area contributed by atoms with Crippen molar-refractivity contribution in [1.29, 1.82) is 0 Å². The average Bonchev–Trinajstić information content (AvgIpc) is 2.01. The summed E-state index contributed by atoms with van der Waals surface area (Å²) in [7, 11) is -4.39. The van der Waals surface area contributed by atoms with E-state index in [1.165, 1.54) is 6.92 Å². The van der Waals surface area contributed by atoms with Crippen LogP contribution in [0.3, 0.4) is 0 Å². The molecule has 0 aromatic heterocycles. The lowest BCUT2D eigenvalue weighted by Crippen LogP contribution is -2.38. The van der Waals surface area contributed by atoms with Crippen molar-refractivity contribution in [2.45, 2.75) is 26.1 Å². The Balaban J connectivity index is 4.76. The summed E-state index contributed by atoms with van der Waals surface area (Å²) in [4.78, 5) is 0. The first-order valence-corrected chi connectivity index (χ1v) is 5.69. The molecular weight excluding hydrogens is 246 g/mol. The Morgan fingerprint density at radius 2 is 1.60 bits per heavy atom. The molecule has 3 nitrogen and oxygen atoms in total. The second-order valence-electron chi connectivity index (χ2n) is 2.45. The van der Waals surface area contributed by atoms with Crippen molar-refractivity contribution in [3.05, 3.63) is 0 Å². The molecule has 0 rings (SSSR count). The fourth-order valence-electron chi connectivity index (χ4n) is 0.605. The number of rotatable bonds is 5. The van der Waals surface area contributed by atoms with Gasteiger partial charge in [0, 0.05) is 6.16 Å². The summed E-state index contributed by atoms with van der Waals surface area (Å²) in [5, 5.41) is 0. The van der Waals surface area contributed by atoms with Gasteiger partial charge in [0.25, 0.3) is 0 Å². The molecule has 0 radical (unpaired) electrons. The van der Waals surface area contributed by atoms with Crippen LogP contribution in [0, 0.1) is 0 Å². The first-order valence-electron chi connectivity index (χ1n) is 3.97. The quantitative estimate of drug-likeness (QED) is 0.558. The lowest BCUT2D eigenvalue weighted by molar-refractivity contribution is -0.363. The minimum absolute atomic E-state index is 0.279. The van der Waals surface area contributed by atoms with E-state index in [1.54, 1.807) is 0 Å². The van der Waals surface area contributed by atoms with Gasteiger partial charge in [-0.25, -0.2) is 4.52 Å². The third kappa shape index (κ3) is 4.04. The predicted molar refractivity (Wildman–Crippen MR) is 41.9 cm³/mol. The highest BCUT2D eigenvalue weighted by Crippen LogP contribution is 2.55. The third-order valence-corrected chi connectivity index (χ3v) is 3.23. The number of halogens is 5. The molecule has 0 N–H and O–H groups in total. The van der Waals surface area contributed by atoms with Gasteiger partial charge in [-0.2, -0.15) is 22.0 Å². The highest BCUT2D eigenvalue weighted by atomic mass is 31.2. The fourth-order valence-corrected chi connectivity index (χ4v) is 1.82. The van der Waals surface area contributed by atoms with E-state index >= 15 is 0 Å². The molecule has 9 heteroatoms. The van der Waals surface area contributed by atoms with Crippen LogP contribution in [-0.4, -0.2) is 25.1 Å². The maximum absolute atomic E-state index is 12.3. The summed E-state index contributed by atoms with van der Waals surface area (Å²) >= 11 is 0. The SMILES string of the molecule is CCOP(=O)(CC)OC(F)(F)C(F)(F)F. The van der Waals surface area contributed by atoms with Crippen LogP contribution in [0.4, 0.5) is 22.0 Å². The van der Waals surface area contributed by atoms with E-state index in [1.807, 2.05) is 0 Å². The van der Waals surface area contributed by atoms with Gasteiger partial charge in [-0.05, 0) is 6.92 Å². The third-order valence-electron chi connectivity index (χ3n) is 1.30. The van der Waals surface area contributed by atoms with Gasteiger partial charge < -0.3 is 4.52 Å². The summed E-state index contributed by atoms with van der Waals surface area (Å²) in [5.74, 6) is 0. The standard InChI is InChI=1S/C6H10F5O3P/c1-3-13-15(12,4-2)14-6(10,11)5(7,8)9/h3-4H2,1-2H3. The zero-order chi connectivity index (χ0) is 12.3. The molecule has 0 aliphatic heterocycles. The van der Waals surface area contributed by atoms with E-state index in [-0.39, 0.29) is 6.61 Å². The largest absolute Gasteiger partial charge is 0.483 e. The molecule has 0 aromatic carbocycles. The molecule has 0 amide bonds. The van der Waals surface area contributed by atoms with E-state index in [9.17, 15) is 26.5 Å². The number of hydrogen-bond acceptors (Lipinski definition) is 3. The van der Waals surface area contributed by atoms with Crippen LogP contribution in [0.25, 0.3) is 0 Å². The van der Waals surface area contributed by atoms with E-state index in [0.29, 0.717) is 0 Å². The van der Waals surface area contributed by atoms with Crippen molar-refractivity contribution in [1.82, 2.24) is 0 Å². The molecule has 0 aromatic rings. The van der Waals surface area contributed by atoms with Crippen LogP contribution < -0.4 is 0 Å². The van der Waals surface area contributed by atoms with Crippen molar-refractivity contribution in [3.8, 4) is 0 Å². The normalized spacial score (nSPS) is 17.5. The summed E-state index contributed by atoms with van der Waals surface area (Å²) in [6, 6.07) is 0. The van der Waals surface area contributed by atoms with Crippen molar-refractivity contribution in [2.24, 2.45) is 0 Å². The summed E-state index contributed by atoms with van der Waals surface area (Å²) in [6.07, 6.45) is -11.9. The molecule has 0 aliphatic rings. The molecule has 1 unspecified atom stereocenters. The zero-order valence-corrected chi connectivity index (χ0v) is 8.87. The van der Waals surface area contributed by atoms with Gasteiger partial charge in [-0.3, -0.25) is 4.57 Å². The molecular formula is C6H10F5O3P. The fraction of sp³-hybridized carbons (Fsp3) is 1.00. The van der Waals surface area contributed by atoms with Crippen molar-refractivity contribution in [3.63, 3.8) is 0 Å². The Morgan fingerprint density at radius 1 is 1.13 bits per heavy atom. The first kappa shape index (κ1) is 14.8. The molecule has 1 atom stereocenters. The lowest BCUT2D eigenvalue weighted by Gasteiger charge is -2.24. The second kappa shape index (κ2) is 4.76. The lowest BCUT2D eigenvalue weighted by atomic mass is 10.6. The molecule has 0 aliphatic carbocycles. The minimum atomic E-state index is -5.91. The maximum Gasteiger partial charge on any atom is 0.483 e. The van der Waals surface area contributed by atoms with Crippen molar-refractivity contribution in [2.75, 3.05) is 12.8 Å². The molecule has 15 heavy (non-hydrogen) atoms.